The first-order valence-electron chi connectivity index (χ1n) is 14.2. The number of rotatable bonds is 9. The molecule has 0 saturated heterocycles. The molecule has 0 fully saturated rings. The number of aldehydes is 1. The number of hydrogen-bond acceptors (Lipinski definition) is 5. The van der Waals surface area contributed by atoms with Crippen molar-refractivity contribution in [1.29, 1.82) is 0 Å². The molecule has 1 aromatic heterocycles. The van der Waals surface area contributed by atoms with Gasteiger partial charge in [0, 0.05) is 18.6 Å². The number of anilines is 1. The smallest absolute Gasteiger partial charge is 0.222 e. The van der Waals surface area contributed by atoms with Gasteiger partial charge >= 0.3 is 0 Å². The number of allylic oxidation sites excluding steroid dienone is 4. The lowest BCUT2D eigenvalue weighted by molar-refractivity contribution is -0.106. The Morgan fingerprint density at radius 2 is 1.74 bits per heavy atom. The molecule has 1 unspecified atom stereocenters. The average Bonchev–Trinajstić information content (AvgIpc) is 2.91. The molecule has 1 aromatic carbocycles. The number of unbranched alkanes of at least 4 members (excludes halogenated alkanes) is 1. The molecule has 6 heteroatoms. The first kappa shape index (κ1) is 39.9. The topological polar surface area (TPSA) is 80.9 Å². The van der Waals surface area contributed by atoms with Gasteiger partial charge in [-0.15, -0.1) is 0 Å². The molecule has 0 bridgehead atoms. The Balaban J connectivity index is -0.000000595. The van der Waals surface area contributed by atoms with Gasteiger partial charge < -0.3 is 15.8 Å². The predicted molar refractivity (Wildman–Crippen MR) is 169 cm³/mol. The van der Waals surface area contributed by atoms with Crippen molar-refractivity contribution in [2.45, 2.75) is 120 Å². The summed E-state index contributed by atoms with van der Waals surface area (Å²) in [4.78, 5) is 17.6. The molecule has 2 rings (SSSR count). The van der Waals surface area contributed by atoms with Crippen LogP contribution in [0.5, 0.6) is 0 Å². The van der Waals surface area contributed by atoms with Gasteiger partial charge in [0.2, 0.25) is 5.95 Å². The zero-order valence-corrected chi connectivity index (χ0v) is 26.2. The molecule has 0 spiro atoms. The zero-order chi connectivity index (χ0) is 29.9. The number of benzene rings is 1. The highest BCUT2D eigenvalue weighted by Gasteiger charge is 2.05. The molecular weight excluding hydrogens is 475 g/mol. The third-order valence-corrected chi connectivity index (χ3v) is 4.86. The Labute approximate surface area is 233 Å². The molecule has 0 aliphatic heterocycles. The quantitative estimate of drug-likeness (QED) is 0.248. The van der Waals surface area contributed by atoms with Crippen molar-refractivity contribution in [3.05, 3.63) is 47.7 Å². The van der Waals surface area contributed by atoms with E-state index in [-0.39, 0.29) is 0 Å². The number of nitrogens with two attached hydrogens (primary N) is 1. The molecule has 0 saturated carbocycles. The van der Waals surface area contributed by atoms with Gasteiger partial charge in [0.1, 0.15) is 6.29 Å². The third kappa shape index (κ3) is 21.5. The second-order valence-corrected chi connectivity index (χ2v) is 8.79. The molecule has 5 nitrogen and oxygen atoms in total. The second kappa shape index (κ2) is 27.4. The molecule has 0 aliphatic rings. The zero-order valence-electron chi connectivity index (χ0n) is 26.2. The number of carbonyl (C=O) groups is 1. The van der Waals surface area contributed by atoms with Crippen LogP contribution in [-0.4, -0.2) is 35.5 Å². The van der Waals surface area contributed by atoms with Gasteiger partial charge in [0.15, 0.2) is 0 Å². The summed E-state index contributed by atoms with van der Waals surface area (Å²) < 4.78 is 12.3. The summed E-state index contributed by atoms with van der Waals surface area (Å²) in [7, 11) is 1.83. The summed E-state index contributed by atoms with van der Waals surface area (Å²) in [5.41, 5.74) is 10.1. The van der Waals surface area contributed by atoms with Crippen LogP contribution in [-0.2, 0) is 4.79 Å². The fraction of sp³-hybridized carbons (Fsp3) is 0.594. The van der Waals surface area contributed by atoms with E-state index in [9.17, 15) is 4.39 Å². The van der Waals surface area contributed by atoms with Crippen molar-refractivity contribution < 1.29 is 9.18 Å². The van der Waals surface area contributed by atoms with Gasteiger partial charge in [0.25, 0.3) is 0 Å². The van der Waals surface area contributed by atoms with Crippen molar-refractivity contribution in [3.8, 4) is 0 Å². The van der Waals surface area contributed by atoms with E-state index >= 15 is 0 Å². The van der Waals surface area contributed by atoms with E-state index < -0.39 is 6.17 Å². The normalized spacial score (nSPS) is 11.4. The van der Waals surface area contributed by atoms with E-state index in [1.807, 2.05) is 47.9 Å². The van der Waals surface area contributed by atoms with E-state index in [1.54, 1.807) is 0 Å². The summed E-state index contributed by atoms with van der Waals surface area (Å²) in [6, 6.07) is 6.72. The van der Waals surface area contributed by atoms with Crippen LogP contribution in [0.25, 0.3) is 16.5 Å². The van der Waals surface area contributed by atoms with Crippen LogP contribution in [0.4, 0.5) is 10.3 Å². The Morgan fingerprint density at radius 3 is 2.18 bits per heavy atom. The lowest BCUT2D eigenvalue weighted by atomic mass is 9.97. The number of aromatic nitrogens is 2. The number of alkyl halides is 1. The van der Waals surface area contributed by atoms with E-state index in [4.69, 9.17) is 10.5 Å². The van der Waals surface area contributed by atoms with Gasteiger partial charge in [0.05, 0.1) is 11.7 Å². The van der Waals surface area contributed by atoms with Crippen molar-refractivity contribution in [2.24, 2.45) is 5.73 Å². The summed E-state index contributed by atoms with van der Waals surface area (Å²) in [6.45, 7) is 19.8. The van der Waals surface area contributed by atoms with Gasteiger partial charge in [-0.2, -0.15) is 0 Å². The fourth-order valence-corrected chi connectivity index (χ4v) is 3.07. The number of fused-ring (bicyclic) bond motifs is 1. The minimum absolute atomic E-state index is 0.333. The molecular formula is C32H57FN4O. The summed E-state index contributed by atoms with van der Waals surface area (Å²) in [5.74, 6) is 0.656. The Morgan fingerprint density at radius 1 is 1.16 bits per heavy atom. The van der Waals surface area contributed by atoms with Crippen LogP contribution < -0.4 is 11.1 Å². The van der Waals surface area contributed by atoms with Crippen molar-refractivity contribution >= 4 is 28.7 Å². The fourth-order valence-electron chi connectivity index (χ4n) is 3.07. The van der Waals surface area contributed by atoms with Crippen LogP contribution in [0.15, 0.2) is 42.1 Å². The SMILES string of the molecule is C/C=C(\C/C(C)=C/CC)c1ccc2cnc(NC)nc2c1.CC.CC(C)N.CC=O.CCCCC(F)CC. The summed E-state index contributed by atoms with van der Waals surface area (Å²) in [6.07, 6.45) is 12.2. The maximum absolute atomic E-state index is 12.3. The molecule has 2 aromatic rings. The maximum atomic E-state index is 12.3. The van der Waals surface area contributed by atoms with Crippen LogP contribution in [0.3, 0.4) is 0 Å². The van der Waals surface area contributed by atoms with Crippen molar-refractivity contribution in [1.82, 2.24) is 9.97 Å². The predicted octanol–water partition coefficient (Wildman–Crippen LogP) is 9.33. The molecule has 3 N–H and O–H groups in total. The number of nitrogens with zero attached hydrogens (tertiary/aromatic N) is 2. The standard InChI is InChI=1S/C18H23N3.C7H15F.C3H9N.C2H4O.C2H6/c1-5-7-13(3)10-14(6-2)15-8-9-16-12-20-18(19-4)21-17(16)11-15;1-3-5-6-7(8)4-2;1-3(2)4;1-2-3;1-2/h6-9,11-12H,5,10H2,1-4H3,(H,19,20,21);7H,3-6H2,1-2H3;3H,4H2,1-2H3;2H,1H3;1-2H3/b13-7+,14-6+;;;;. The molecule has 218 valence electrons. The highest BCUT2D eigenvalue weighted by atomic mass is 19.1. The van der Waals surface area contributed by atoms with Gasteiger partial charge in [-0.3, -0.25) is 0 Å². The van der Waals surface area contributed by atoms with E-state index in [2.05, 4.69) is 73.3 Å². The van der Waals surface area contributed by atoms with E-state index in [1.165, 1.54) is 23.6 Å². The van der Waals surface area contributed by atoms with Crippen molar-refractivity contribution in [2.75, 3.05) is 12.4 Å². The molecule has 0 aliphatic carbocycles. The highest BCUT2D eigenvalue weighted by Crippen LogP contribution is 2.25. The lowest BCUT2D eigenvalue weighted by Gasteiger charge is -2.09. The Hall–Kier alpha value is -2.60. The summed E-state index contributed by atoms with van der Waals surface area (Å²) in [5, 5.41) is 4.05. The highest BCUT2D eigenvalue weighted by molar-refractivity contribution is 5.83. The summed E-state index contributed by atoms with van der Waals surface area (Å²) >= 11 is 0. The first-order valence-corrected chi connectivity index (χ1v) is 14.2. The van der Waals surface area contributed by atoms with Gasteiger partial charge in [-0.25, -0.2) is 14.4 Å². The molecule has 1 heterocycles. The number of carbonyl (C=O) groups excluding carboxylic acids is 1. The largest absolute Gasteiger partial charge is 0.357 e. The number of halogens is 1. The average molecular weight is 533 g/mol. The maximum Gasteiger partial charge on any atom is 0.222 e. The number of hydrogen-bond donors (Lipinski definition) is 2. The number of nitrogens with one attached hydrogen (secondary N) is 1. The van der Waals surface area contributed by atoms with Gasteiger partial charge in [-0.1, -0.05) is 91.2 Å². The molecule has 38 heavy (non-hydrogen) atoms. The van der Waals surface area contributed by atoms with Gasteiger partial charge in [-0.05, 0) is 69.7 Å². The molecule has 0 amide bonds. The second-order valence-electron chi connectivity index (χ2n) is 8.79. The van der Waals surface area contributed by atoms with Crippen molar-refractivity contribution in [3.63, 3.8) is 0 Å². The molecule has 0 radical (unpaired) electrons. The minimum atomic E-state index is -0.546. The Bertz CT molecular complexity index is 891. The lowest BCUT2D eigenvalue weighted by Crippen LogP contribution is -2.06. The monoisotopic (exact) mass is 532 g/mol. The van der Waals surface area contributed by atoms with Crippen LogP contribution in [0, 0.1) is 0 Å². The molecule has 1 atom stereocenters. The van der Waals surface area contributed by atoms with E-state index in [0.29, 0.717) is 18.4 Å². The van der Waals surface area contributed by atoms with Crippen LogP contribution in [0.1, 0.15) is 113 Å². The van der Waals surface area contributed by atoms with E-state index in [0.717, 1.165) is 49.3 Å². The van der Waals surface area contributed by atoms with Crippen LogP contribution in [0.2, 0.25) is 0 Å². The Kier molecular flexibility index (Phi) is 28.8. The van der Waals surface area contributed by atoms with Crippen LogP contribution >= 0.6 is 0 Å². The minimum Gasteiger partial charge on any atom is -0.357 e. The third-order valence-electron chi connectivity index (χ3n) is 4.86. The first-order chi connectivity index (χ1) is 18.1.